The van der Waals surface area contributed by atoms with Gasteiger partial charge in [0.15, 0.2) is 10.9 Å². The fourth-order valence-electron chi connectivity index (χ4n) is 1.89. The fraction of sp³-hybridized carbons (Fsp3) is 0.0714. The summed E-state index contributed by atoms with van der Waals surface area (Å²) < 4.78 is 0. The maximum absolute atomic E-state index is 11.1. The van der Waals surface area contributed by atoms with Crippen LogP contribution in [0.1, 0.15) is 16.1 Å². The summed E-state index contributed by atoms with van der Waals surface area (Å²) in [4.78, 5) is 23.2. The van der Waals surface area contributed by atoms with E-state index < -0.39 is 5.97 Å². The molecular formula is C14H11N3O2S. The molecule has 6 heteroatoms. The second kappa shape index (κ2) is 4.97. The van der Waals surface area contributed by atoms with Crippen molar-refractivity contribution in [3.8, 4) is 0 Å². The molecule has 1 aromatic carbocycles. The molecule has 20 heavy (non-hydrogen) atoms. The van der Waals surface area contributed by atoms with Gasteiger partial charge >= 0.3 is 5.97 Å². The van der Waals surface area contributed by atoms with Crippen LogP contribution in [0.2, 0.25) is 0 Å². The molecular weight excluding hydrogens is 274 g/mol. The van der Waals surface area contributed by atoms with Crippen LogP contribution in [0.3, 0.4) is 0 Å². The molecule has 0 unspecified atom stereocenters. The van der Waals surface area contributed by atoms with E-state index in [1.54, 1.807) is 12.1 Å². The molecule has 0 saturated carbocycles. The highest BCUT2D eigenvalue weighted by atomic mass is 32.2. The highest BCUT2D eigenvalue weighted by Gasteiger charge is 2.14. The molecule has 0 saturated heterocycles. The molecule has 0 aliphatic carbocycles. The first-order valence-corrected chi connectivity index (χ1v) is 6.77. The molecule has 0 radical (unpaired) electrons. The molecule has 3 rings (SSSR count). The van der Waals surface area contributed by atoms with Crippen LogP contribution >= 0.6 is 11.8 Å². The van der Waals surface area contributed by atoms with Crippen LogP contribution in [0, 0.1) is 6.92 Å². The van der Waals surface area contributed by atoms with Crippen molar-refractivity contribution in [2.24, 2.45) is 0 Å². The molecule has 3 aromatic rings. The molecule has 0 fully saturated rings. The number of carbonyl (C=O) groups is 1. The first-order chi connectivity index (χ1) is 9.63. The minimum absolute atomic E-state index is 0.0362. The van der Waals surface area contributed by atoms with Crippen molar-refractivity contribution in [2.75, 3.05) is 0 Å². The summed E-state index contributed by atoms with van der Waals surface area (Å²) in [6, 6.07) is 9.37. The van der Waals surface area contributed by atoms with Gasteiger partial charge in [0.05, 0.1) is 11.0 Å². The summed E-state index contributed by atoms with van der Waals surface area (Å²) in [6.07, 6.45) is 1.47. The number of H-pyrrole nitrogens is 1. The van der Waals surface area contributed by atoms with Gasteiger partial charge in [0, 0.05) is 11.1 Å². The monoisotopic (exact) mass is 285 g/mol. The van der Waals surface area contributed by atoms with E-state index in [1.807, 2.05) is 25.1 Å². The lowest BCUT2D eigenvalue weighted by atomic mass is 10.2. The number of aryl methyl sites for hydroxylation is 1. The Hall–Kier alpha value is -2.34. The van der Waals surface area contributed by atoms with Crippen LogP contribution < -0.4 is 0 Å². The Balaban J connectivity index is 1.99. The average Bonchev–Trinajstić information content (AvgIpc) is 2.80. The normalized spacial score (nSPS) is 10.8. The van der Waals surface area contributed by atoms with Crippen LogP contribution in [-0.4, -0.2) is 26.0 Å². The number of benzene rings is 1. The number of nitrogens with zero attached hydrogens (tertiary/aromatic N) is 2. The minimum atomic E-state index is -1.04. The van der Waals surface area contributed by atoms with E-state index in [1.165, 1.54) is 18.0 Å². The number of aromatic amines is 1. The summed E-state index contributed by atoms with van der Waals surface area (Å²) >= 11 is 1.26. The summed E-state index contributed by atoms with van der Waals surface area (Å²) in [5, 5.41) is 9.77. The third-order valence-electron chi connectivity index (χ3n) is 2.80. The number of imidazole rings is 1. The third kappa shape index (κ3) is 2.37. The highest BCUT2D eigenvalue weighted by Crippen LogP contribution is 2.29. The standard InChI is InChI=1S/C14H11N3O2S/c1-8-4-5-9-10(7-8)17-14(16-9)20-11-3-2-6-15-12(11)13(18)19/h2-7H,1H3,(H,16,17)(H,18,19). The Morgan fingerprint density at radius 2 is 2.20 bits per heavy atom. The van der Waals surface area contributed by atoms with E-state index in [-0.39, 0.29) is 5.69 Å². The molecule has 2 heterocycles. The van der Waals surface area contributed by atoms with Gasteiger partial charge in [-0.15, -0.1) is 0 Å². The molecule has 0 aliphatic heterocycles. The van der Waals surface area contributed by atoms with Gasteiger partial charge in [-0.2, -0.15) is 0 Å². The van der Waals surface area contributed by atoms with Crippen molar-refractivity contribution in [2.45, 2.75) is 17.0 Å². The molecule has 0 spiro atoms. The Morgan fingerprint density at radius 1 is 1.35 bits per heavy atom. The largest absolute Gasteiger partial charge is 0.476 e. The molecule has 0 bridgehead atoms. The van der Waals surface area contributed by atoms with Gasteiger partial charge in [-0.1, -0.05) is 6.07 Å². The van der Waals surface area contributed by atoms with Crippen LogP contribution in [0.15, 0.2) is 46.6 Å². The summed E-state index contributed by atoms with van der Waals surface area (Å²) in [6.45, 7) is 2.01. The number of nitrogens with one attached hydrogen (secondary N) is 1. The number of aromatic carboxylic acids is 1. The lowest BCUT2D eigenvalue weighted by molar-refractivity contribution is 0.0686. The average molecular weight is 285 g/mol. The molecule has 0 atom stereocenters. The number of hydrogen-bond acceptors (Lipinski definition) is 4. The number of pyridine rings is 1. The second-order valence-electron chi connectivity index (χ2n) is 4.32. The van der Waals surface area contributed by atoms with Crippen LogP contribution in [-0.2, 0) is 0 Å². The Bertz CT molecular complexity index is 798. The van der Waals surface area contributed by atoms with Crippen molar-refractivity contribution in [3.63, 3.8) is 0 Å². The van der Waals surface area contributed by atoms with Crippen molar-refractivity contribution in [3.05, 3.63) is 47.8 Å². The fourth-order valence-corrected chi connectivity index (χ4v) is 2.78. The highest BCUT2D eigenvalue weighted by molar-refractivity contribution is 7.99. The van der Waals surface area contributed by atoms with Crippen molar-refractivity contribution in [1.82, 2.24) is 15.0 Å². The molecule has 0 amide bonds. The van der Waals surface area contributed by atoms with E-state index in [2.05, 4.69) is 15.0 Å². The third-order valence-corrected chi connectivity index (χ3v) is 3.73. The first-order valence-electron chi connectivity index (χ1n) is 5.96. The molecule has 5 nitrogen and oxygen atoms in total. The SMILES string of the molecule is Cc1ccc2nc(Sc3cccnc3C(=O)O)[nH]c2c1. The Morgan fingerprint density at radius 3 is 3.00 bits per heavy atom. The van der Waals surface area contributed by atoms with Crippen LogP contribution in [0.25, 0.3) is 11.0 Å². The zero-order valence-electron chi connectivity index (χ0n) is 10.6. The number of rotatable bonds is 3. The van der Waals surface area contributed by atoms with Gasteiger partial charge in [-0.25, -0.2) is 14.8 Å². The quantitative estimate of drug-likeness (QED) is 0.773. The predicted octanol–water partition coefficient (Wildman–Crippen LogP) is 3.12. The number of carboxylic acids is 1. The first kappa shape index (κ1) is 12.7. The summed E-state index contributed by atoms with van der Waals surface area (Å²) in [5.74, 6) is -1.04. The number of fused-ring (bicyclic) bond motifs is 1. The second-order valence-corrected chi connectivity index (χ2v) is 5.35. The number of carboxylic acid groups (broad SMARTS) is 1. The van der Waals surface area contributed by atoms with Gasteiger partial charge in [-0.3, -0.25) is 0 Å². The summed E-state index contributed by atoms with van der Waals surface area (Å²) in [7, 11) is 0. The van der Waals surface area contributed by atoms with E-state index in [9.17, 15) is 4.79 Å². The molecule has 100 valence electrons. The topological polar surface area (TPSA) is 78.9 Å². The molecule has 2 aromatic heterocycles. The van der Waals surface area contributed by atoms with Gasteiger partial charge < -0.3 is 10.1 Å². The molecule has 0 aliphatic rings. The summed E-state index contributed by atoms with van der Waals surface area (Å²) in [5.41, 5.74) is 2.98. The van der Waals surface area contributed by atoms with E-state index in [0.29, 0.717) is 10.1 Å². The zero-order valence-corrected chi connectivity index (χ0v) is 11.4. The minimum Gasteiger partial charge on any atom is -0.476 e. The maximum Gasteiger partial charge on any atom is 0.355 e. The lowest BCUT2D eigenvalue weighted by Crippen LogP contribution is -2.01. The Labute approximate surface area is 119 Å². The van der Waals surface area contributed by atoms with Gasteiger partial charge in [0.1, 0.15) is 0 Å². The Kier molecular flexibility index (Phi) is 3.15. The van der Waals surface area contributed by atoms with Crippen molar-refractivity contribution >= 4 is 28.8 Å². The number of hydrogen-bond donors (Lipinski definition) is 2. The maximum atomic E-state index is 11.1. The van der Waals surface area contributed by atoms with Crippen molar-refractivity contribution < 1.29 is 9.90 Å². The van der Waals surface area contributed by atoms with Gasteiger partial charge in [-0.05, 0) is 48.5 Å². The smallest absolute Gasteiger partial charge is 0.355 e. The van der Waals surface area contributed by atoms with Gasteiger partial charge in [0.2, 0.25) is 0 Å². The predicted molar refractivity (Wildman–Crippen MR) is 76.2 cm³/mol. The van der Waals surface area contributed by atoms with E-state index in [4.69, 9.17) is 5.11 Å². The van der Waals surface area contributed by atoms with Crippen LogP contribution in [0.5, 0.6) is 0 Å². The number of aromatic nitrogens is 3. The molecule has 2 N–H and O–H groups in total. The van der Waals surface area contributed by atoms with E-state index >= 15 is 0 Å². The lowest BCUT2D eigenvalue weighted by Gasteiger charge is -2.01. The van der Waals surface area contributed by atoms with Crippen molar-refractivity contribution in [1.29, 1.82) is 0 Å². The zero-order chi connectivity index (χ0) is 14.1. The van der Waals surface area contributed by atoms with Crippen LogP contribution in [0.4, 0.5) is 0 Å². The van der Waals surface area contributed by atoms with Gasteiger partial charge in [0.25, 0.3) is 0 Å². The van der Waals surface area contributed by atoms with E-state index in [0.717, 1.165) is 16.6 Å².